The first-order chi connectivity index (χ1) is 10.1. The molecule has 112 valence electrons. The summed E-state index contributed by atoms with van der Waals surface area (Å²) in [6.07, 6.45) is 3.13. The molecule has 2 heterocycles. The fraction of sp³-hybridized carbons (Fsp3) is 0.625. The third-order valence-corrected chi connectivity index (χ3v) is 5.88. The summed E-state index contributed by atoms with van der Waals surface area (Å²) < 4.78 is 0. The normalized spacial score (nSPS) is 28.0. The van der Waals surface area contributed by atoms with E-state index in [4.69, 9.17) is 0 Å². The number of carbonyl (C=O) groups excluding carboxylic acids is 1. The molecule has 0 spiro atoms. The van der Waals surface area contributed by atoms with Crippen LogP contribution < -0.4 is 10.6 Å². The van der Waals surface area contributed by atoms with Crippen LogP contribution in [0.25, 0.3) is 0 Å². The molecular weight excluding hydrogens is 282 g/mol. The summed E-state index contributed by atoms with van der Waals surface area (Å²) in [6, 6.07) is 2.31. The number of nitrogens with one attached hydrogen (secondary N) is 2. The highest BCUT2D eigenvalue weighted by Gasteiger charge is 2.31. The van der Waals surface area contributed by atoms with Gasteiger partial charge in [-0.15, -0.1) is 11.3 Å². The first-order valence-electron chi connectivity index (χ1n) is 7.66. The second-order valence-electron chi connectivity index (χ2n) is 6.40. The minimum atomic E-state index is 0.00888. The standard InChI is InChI=1S/C16H21N3OS/c1-9-3-4-11-12(6-17)16(21-14(11)5-9)19-15(20)13-8-18-7-10(13)2/h9-10,13,18H,3-5,7-8H2,1-2H3,(H,19,20)/t9?,10-,13-/m1/s1. The van der Waals surface area contributed by atoms with Gasteiger partial charge in [-0.05, 0) is 43.2 Å². The Hall–Kier alpha value is -1.38. The molecular formula is C16H21N3OS. The van der Waals surface area contributed by atoms with Crippen LogP contribution in [0.5, 0.6) is 0 Å². The second-order valence-corrected chi connectivity index (χ2v) is 7.50. The minimum Gasteiger partial charge on any atom is -0.316 e. The van der Waals surface area contributed by atoms with Crippen molar-refractivity contribution in [1.82, 2.24) is 5.32 Å². The molecule has 2 N–H and O–H groups in total. The van der Waals surface area contributed by atoms with Crippen LogP contribution in [0.3, 0.4) is 0 Å². The third kappa shape index (κ3) is 2.70. The Morgan fingerprint density at radius 2 is 2.24 bits per heavy atom. The van der Waals surface area contributed by atoms with Gasteiger partial charge in [-0.3, -0.25) is 4.79 Å². The van der Waals surface area contributed by atoms with E-state index in [2.05, 4.69) is 30.6 Å². The van der Waals surface area contributed by atoms with Gasteiger partial charge in [0.05, 0.1) is 11.5 Å². The van der Waals surface area contributed by atoms with Crippen molar-refractivity contribution in [1.29, 1.82) is 5.26 Å². The van der Waals surface area contributed by atoms with Crippen LogP contribution in [0.1, 0.15) is 36.3 Å². The number of amides is 1. The SMILES string of the molecule is CC1CCc2c(sc(NC(=O)[C@@H]3CNC[C@H]3C)c2C#N)C1. The van der Waals surface area contributed by atoms with Gasteiger partial charge >= 0.3 is 0 Å². The van der Waals surface area contributed by atoms with E-state index in [-0.39, 0.29) is 11.8 Å². The average Bonchev–Trinajstić information content (AvgIpc) is 3.01. The van der Waals surface area contributed by atoms with Crippen molar-refractivity contribution in [2.45, 2.75) is 33.1 Å². The first-order valence-corrected chi connectivity index (χ1v) is 8.48. The van der Waals surface area contributed by atoms with Crippen LogP contribution in [0.4, 0.5) is 5.00 Å². The van der Waals surface area contributed by atoms with E-state index >= 15 is 0 Å². The first kappa shape index (κ1) is 14.6. The van der Waals surface area contributed by atoms with Gasteiger partial charge in [0, 0.05) is 11.4 Å². The van der Waals surface area contributed by atoms with Crippen molar-refractivity contribution in [2.75, 3.05) is 18.4 Å². The zero-order chi connectivity index (χ0) is 15.0. The van der Waals surface area contributed by atoms with Gasteiger partial charge in [0.2, 0.25) is 5.91 Å². The number of nitriles is 1. The Morgan fingerprint density at radius 1 is 1.43 bits per heavy atom. The summed E-state index contributed by atoms with van der Waals surface area (Å²) in [7, 11) is 0. The monoisotopic (exact) mass is 303 g/mol. The number of fused-ring (bicyclic) bond motifs is 1. The zero-order valence-corrected chi connectivity index (χ0v) is 13.3. The molecule has 0 aromatic carbocycles. The van der Waals surface area contributed by atoms with E-state index in [1.165, 1.54) is 10.4 Å². The molecule has 1 amide bonds. The summed E-state index contributed by atoms with van der Waals surface area (Å²) >= 11 is 1.60. The van der Waals surface area contributed by atoms with Gasteiger partial charge in [-0.2, -0.15) is 5.26 Å². The number of carbonyl (C=O) groups is 1. The van der Waals surface area contributed by atoms with Crippen molar-refractivity contribution in [2.24, 2.45) is 17.8 Å². The lowest BCUT2D eigenvalue weighted by Crippen LogP contribution is -2.27. The molecule has 0 bridgehead atoms. The summed E-state index contributed by atoms with van der Waals surface area (Å²) in [6.45, 7) is 5.97. The molecule has 3 rings (SSSR count). The van der Waals surface area contributed by atoms with Crippen molar-refractivity contribution >= 4 is 22.2 Å². The van der Waals surface area contributed by atoms with Gasteiger partial charge in [0.1, 0.15) is 11.1 Å². The largest absolute Gasteiger partial charge is 0.316 e. The summed E-state index contributed by atoms with van der Waals surface area (Å²) in [5.74, 6) is 1.08. The molecule has 5 heteroatoms. The van der Waals surface area contributed by atoms with Crippen LogP contribution >= 0.6 is 11.3 Å². The molecule has 0 saturated carbocycles. The molecule has 4 nitrogen and oxygen atoms in total. The smallest absolute Gasteiger partial charge is 0.229 e. The predicted octanol–water partition coefficient (Wildman–Crippen LogP) is 2.54. The predicted molar refractivity (Wildman–Crippen MR) is 84.4 cm³/mol. The maximum absolute atomic E-state index is 12.4. The lowest BCUT2D eigenvalue weighted by atomic mass is 9.88. The average molecular weight is 303 g/mol. The Balaban J connectivity index is 1.83. The molecule has 1 aliphatic carbocycles. The van der Waals surface area contributed by atoms with Crippen molar-refractivity contribution < 1.29 is 4.79 Å². The number of rotatable bonds is 2. The summed E-state index contributed by atoms with van der Waals surface area (Å²) in [5.41, 5.74) is 1.88. The number of anilines is 1. The fourth-order valence-corrected chi connectivity index (χ4v) is 4.69. The summed E-state index contributed by atoms with van der Waals surface area (Å²) in [4.78, 5) is 13.7. The number of hydrogen-bond acceptors (Lipinski definition) is 4. The quantitative estimate of drug-likeness (QED) is 0.882. The van der Waals surface area contributed by atoms with Gasteiger partial charge < -0.3 is 10.6 Å². The number of thiophene rings is 1. The van der Waals surface area contributed by atoms with E-state index in [1.54, 1.807) is 11.3 Å². The molecule has 1 unspecified atom stereocenters. The Kier molecular flexibility index (Phi) is 4.01. The lowest BCUT2D eigenvalue weighted by molar-refractivity contribution is -0.120. The molecule has 3 atom stereocenters. The highest BCUT2D eigenvalue weighted by atomic mass is 32.1. The van der Waals surface area contributed by atoms with E-state index in [9.17, 15) is 10.1 Å². The van der Waals surface area contributed by atoms with Gasteiger partial charge in [0.25, 0.3) is 0 Å². The molecule has 0 radical (unpaired) electrons. The third-order valence-electron chi connectivity index (χ3n) is 4.71. The molecule has 1 aliphatic heterocycles. The van der Waals surface area contributed by atoms with Crippen molar-refractivity contribution in [3.05, 3.63) is 16.0 Å². The van der Waals surface area contributed by atoms with Gasteiger partial charge in [0.15, 0.2) is 0 Å². The zero-order valence-electron chi connectivity index (χ0n) is 12.5. The van der Waals surface area contributed by atoms with E-state index < -0.39 is 0 Å². The van der Waals surface area contributed by atoms with Gasteiger partial charge in [-0.25, -0.2) is 0 Å². The van der Waals surface area contributed by atoms with E-state index in [0.717, 1.165) is 37.4 Å². The molecule has 1 aromatic heterocycles. The van der Waals surface area contributed by atoms with Crippen LogP contribution in [-0.2, 0) is 17.6 Å². The van der Waals surface area contributed by atoms with Gasteiger partial charge in [-0.1, -0.05) is 13.8 Å². The van der Waals surface area contributed by atoms with Crippen molar-refractivity contribution in [3.8, 4) is 6.07 Å². The van der Waals surface area contributed by atoms with E-state index in [1.807, 2.05) is 0 Å². The molecule has 1 aromatic rings. The number of nitrogens with zero attached hydrogens (tertiary/aromatic N) is 1. The Labute approximate surface area is 129 Å². The highest BCUT2D eigenvalue weighted by Crippen LogP contribution is 2.39. The Bertz CT molecular complexity index is 601. The fourth-order valence-electron chi connectivity index (χ4n) is 3.32. The maximum Gasteiger partial charge on any atom is 0.229 e. The lowest BCUT2D eigenvalue weighted by Gasteiger charge is -2.17. The second kappa shape index (κ2) is 5.78. The van der Waals surface area contributed by atoms with E-state index in [0.29, 0.717) is 17.4 Å². The molecule has 2 aliphatic rings. The topological polar surface area (TPSA) is 64.9 Å². The maximum atomic E-state index is 12.4. The molecule has 1 saturated heterocycles. The van der Waals surface area contributed by atoms with Crippen LogP contribution in [-0.4, -0.2) is 19.0 Å². The van der Waals surface area contributed by atoms with Crippen LogP contribution in [0.15, 0.2) is 0 Å². The van der Waals surface area contributed by atoms with Crippen LogP contribution in [0, 0.1) is 29.1 Å². The van der Waals surface area contributed by atoms with Crippen LogP contribution in [0.2, 0.25) is 0 Å². The molecule has 1 fully saturated rings. The summed E-state index contributed by atoms with van der Waals surface area (Å²) in [5, 5.41) is 16.5. The molecule has 21 heavy (non-hydrogen) atoms. The van der Waals surface area contributed by atoms with Crippen molar-refractivity contribution in [3.63, 3.8) is 0 Å². The minimum absolute atomic E-state index is 0.00888. The highest BCUT2D eigenvalue weighted by molar-refractivity contribution is 7.16. The number of hydrogen-bond donors (Lipinski definition) is 2. The Morgan fingerprint density at radius 3 is 2.90 bits per heavy atom.